The van der Waals surface area contributed by atoms with Gasteiger partial charge in [0.1, 0.15) is 5.83 Å². The van der Waals surface area contributed by atoms with Crippen molar-refractivity contribution in [3.05, 3.63) is 95.8 Å². The summed E-state index contributed by atoms with van der Waals surface area (Å²) in [6, 6.07) is 23.8. The van der Waals surface area contributed by atoms with Crippen LogP contribution in [0.5, 0.6) is 0 Å². The van der Waals surface area contributed by atoms with Crippen molar-refractivity contribution in [1.29, 1.82) is 0 Å². The van der Waals surface area contributed by atoms with Crippen LogP contribution in [0, 0.1) is 5.92 Å². The molecule has 0 aromatic heterocycles. The van der Waals surface area contributed by atoms with Gasteiger partial charge in [0.2, 0.25) is 0 Å². The Kier molecular flexibility index (Phi) is 5.62. The van der Waals surface area contributed by atoms with Crippen LogP contribution in [0.3, 0.4) is 0 Å². The second-order valence-electron chi connectivity index (χ2n) is 6.36. The lowest BCUT2D eigenvalue weighted by Crippen LogP contribution is -2.15. The monoisotopic (exact) mass is 334 g/mol. The van der Waals surface area contributed by atoms with E-state index in [1.54, 1.807) is 6.92 Å². The van der Waals surface area contributed by atoms with Crippen molar-refractivity contribution in [2.75, 3.05) is 0 Å². The van der Waals surface area contributed by atoms with Crippen LogP contribution in [0.15, 0.2) is 84.7 Å². The number of aliphatic hydroxyl groups excluding tert-OH is 1. The Morgan fingerprint density at radius 1 is 0.960 bits per heavy atom. The fourth-order valence-corrected chi connectivity index (χ4v) is 3.25. The molecule has 0 radical (unpaired) electrons. The molecule has 0 unspecified atom stereocenters. The van der Waals surface area contributed by atoms with E-state index in [1.807, 2.05) is 72.8 Å². The maximum absolute atomic E-state index is 14.5. The van der Waals surface area contributed by atoms with Crippen LogP contribution in [0.25, 0.3) is 10.8 Å². The summed E-state index contributed by atoms with van der Waals surface area (Å²) >= 11 is 0. The van der Waals surface area contributed by atoms with Gasteiger partial charge < -0.3 is 5.11 Å². The molecule has 3 aromatic carbocycles. The van der Waals surface area contributed by atoms with Crippen molar-refractivity contribution in [1.82, 2.24) is 0 Å². The van der Waals surface area contributed by atoms with E-state index in [0.29, 0.717) is 6.42 Å². The van der Waals surface area contributed by atoms with Crippen molar-refractivity contribution >= 4 is 10.8 Å². The first kappa shape index (κ1) is 17.4. The SMILES string of the molecule is CC=C(F)[C@@H](CCc1ccccc1)[C@@H](O)c1ccc2ccccc2c1. The van der Waals surface area contributed by atoms with Crippen molar-refractivity contribution < 1.29 is 9.50 Å². The minimum Gasteiger partial charge on any atom is -0.388 e. The predicted molar refractivity (Wildman–Crippen MR) is 102 cm³/mol. The number of benzene rings is 3. The number of rotatable bonds is 6. The zero-order valence-electron chi connectivity index (χ0n) is 14.4. The molecule has 25 heavy (non-hydrogen) atoms. The summed E-state index contributed by atoms with van der Waals surface area (Å²) < 4.78 is 14.5. The van der Waals surface area contributed by atoms with Crippen LogP contribution in [0.2, 0.25) is 0 Å². The van der Waals surface area contributed by atoms with Crippen LogP contribution in [-0.2, 0) is 6.42 Å². The average molecular weight is 334 g/mol. The van der Waals surface area contributed by atoms with Gasteiger partial charge >= 0.3 is 0 Å². The lowest BCUT2D eigenvalue weighted by atomic mass is 9.88. The highest BCUT2D eigenvalue weighted by Gasteiger charge is 2.25. The second-order valence-corrected chi connectivity index (χ2v) is 6.36. The van der Waals surface area contributed by atoms with E-state index >= 15 is 0 Å². The molecule has 0 aliphatic carbocycles. The zero-order chi connectivity index (χ0) is 17.6. The first-order chi connectivity index (χ1) is 12.2. The fraction of sp³-hybridized carbons (Fsp3) is 0.217. The molecule has 0 fully saturated rings. The van der Waals surface area contributed by atoms with Crippen LogP contribution in [-0.4, -0.2) is 5.11 Å². The van der Waals surface area contributed by atoms with Gasteiger partial charge in [-0.2, -0.15) is 0 Å². The molecule has 2 heteroatoms. The molecule has 128 valence electrons. The fourth-order valence-electron chi connectivity index (χ4n) is 3.25. The summed E-state index contributed by atoms with van der Waals surface area (Å²) in [4.78, 5) is 0. The number of fused-ring (bicyclic) bond motifs is 1. The van der Waals surface area contributed by atoms with Gasteiger partial charge in [-0.3, -0.25) is 0 Å². The van der Waals surface area contributed by atoms with Crippen molar-refractivity contribution in [3.63, 3.8) is 0 Å². The summed E-state index contributed by atoms with van der Waals surface area (Å²) in [7, 11) is 0. The van der Waals surface area contributed by atoms with E-state index in [0.717, 1.165) is 28.3 Å². The molecule has 0 aliphatic heterocycles. The van der Waals surface area contributed by atoms with E-state index in [2.05, 4.69) is 0 Å². The highest BCUT2D eigenvalue weighted by molar-refractivity contribution is 5.83. The standard InChI is InChI=1S/C23H23FO/c1-2-22(24)21(15-12-17-8-4-3-5-9-17)23(25)20-14-13-18-10-6-7-11-19(18)16-20/h2-11,13-14,16,21,23,25H,12,15H2,1H3/t21-,23+/m1/s1. The Hall–Kier alpha value is -2.45. The number of hydrogen-bond donors (Lipinski definition) is 1. The average Bonchev–Trinajstić information content (AvgIpc) is 2.68. The highest BCUT2D eigenvalue weighted by atomic mass is 19.1. The quantitative estimate of drug-likeness (QED) is 0.586. The number of hydrogen-bond acceptors (Lipinski definition) is 1. The van der Waals surface area contributed by atoms with E-state index in [9.17, 15) is 9.50 Å². The number of aliphatic hydroxyl groups is 1. The van der Waals surface area contributed by atoms with Gasteiger partial charge in [0, 0.05) is 5.92 Å². The molecule has 0 saturated carbocycles. The zero-order valence-corrected chi connectivity index (χ0v) is 14.4. The van der Waals surface area contributed by atoms with Gasteiger partial charge in [-0.15, -0.1) is 0 Å². The molecular weight excluding hydrogens is 311 g/mol. The number of allylic oxidation sites excluding steroid dienone is 1. The van der Waals surface area contributed by atoms with E-state index in [1.165, 1.54) is 6.08 Å². The molecule has 0 aliphatic rings. The van der Waals surface area contributed by atoms with Gasteiger partial charge in [-0.05, 0) is 47.7 Å². The summed E-state index contributed by atoms with van der Waals surface area (Å²) in [5, 5.41) is 13.0. The molecule has 0 spiro atoms. The molecule has 1 nitrogen and oxygen atoms in total. The van der Waals surface area contributed by atoms with Crippen molar-refractivity contribution in [2.45, 2.75) is 25.9 Å². The van der Waals surface area contributed by atoms with Gasteiger partial charge in [-0.1, -0.05) is 72.8 Å². The van der Waals surface area contributed by atoms with Crippen molar-refractivity contribution in [3.8, 4) is 0 Å². The minimum absolute atomic E-state index is 0.253. The van der Waals surface area contributed by atoms with Gasteiger partial charge in [0.15, 0.2) is 0 Å². The van der Waals surface area contributed by atoms with Gasteiger partial charge in [0.25, 0.3) is 0 Å². The number of aryl methyl sites for hydroxylation is 1. The molecule has 1 N–H and O–H groups in total. The minimum atomic E-state index is -0.857. The van der Waals surface area contributed by atoms with Crippen molar-refractivity contribution in [2.24, 2.45) is 5.92 Å². The summed E-state index contributed by atoms with van der Waals surface area (Å²) in [5.41, 5.74) is 1.91. The molecule has 0 bridgehead atoms. The predicted octanol–water partition coefficient (Wildman–Crippen LogP) is 6.00. The topological polar surface area (TPSA) is 20.2 Å². The van der Waals surface area contributed by atoms with Gasteiger partial charge in [-0.25, -0.2) is 4.39 Å². The summed E-state index contributed by atoms with van der Waals surface area (Å²) in [6.07, 6.45) is 1.90. The third kappa shape index (κ3) is 4.15. The summed E-state index contributed by atoms with van der Waals surface area (Å²) in [5.74, 6) is -0.789. The second kappa shape index (κ2) is 8.09. The smallest absolute Gasteiger partial charge is 0.102 e. The maximum Gasteiger partial charge on any atom is 0.102 e. The summed E-state index contributed by atoms with van der Waals surface area (Å²) in [6.45, 7) is 1.68. The van der Waals surface area contributed by atoms with E-state index in [-0.39, 0.29) is 5.83 Å². The lowest BCUT2D eigenvalue weighted by Gasteiger charge is -2.22. The Bertz CT molecular complexity index is 854. The third-order valence-corrected chi connectivity index (χ3v) is 4.71. The van der Waals surface area contributed by atoms with E-state index < -0.39 is 12.0 Å². The maximum atomic E-state index is 14.5. The Labute approximate surface area is 148 Å². The lowest BCUT2D eigenvalue weighted by molar-refractivity contribution is 0.109. The Morgan fingerprint density at radius 2 is 1.64 bits per heavy atom. The molecule has 0 heterocycles. The molecular formula is C23H23FO. The normalized spacial score (nSPS) is 14.4. The largest absolute Gasteiger partial charge is 0.388 e. The molecule has 2 atom stereocenters. The first-order valence-corrected chi connectivity index (χ1v) is 8.71. The molecule has 0 amide bonds. The van der Waals surface area contributed by atoms with Crippen LogP contribution < -0.4 is 0 Å². The van der Waals surface area contributed by atoms with Crippen LogP contribution in [0.4, 0.5) is 4.39 Å². The molecule has 3 rings (SSSR count). The van der Waals surface area contributed by atoms with Crippen LogP contribution >= 0.6 is 0 Å². The Morgan fingerprint density at radius 3 is 2.36 bits per heavy atom. The van der Waals surface area contributed by atoms with Crippen LogP contribution in [0.1, 0.15) is 30.6 Å². The first-order valence-electron chi connectivity index (χ1n) is 8.71. The Balaban J connectivity index is 1.83. The number of halogens is 1. The molecule has 0 saturated heterocycles. The highest BCUT2D eigenvalue weighted by Crippen LogP contribution is 2.33. The van der Waals surface area contributed by atoms with Gasteiger partial charge in [0.05, 0.1) is 6.10 Å². The third-order valence-electron chi connectivity index (χ3n) is 4.71. The van der Waals surface area contributed by atoms with E-state index in [4.69, 9.17) is 0 Å². The molecule has 3 aromatic rings.